The Hall–Kier alpha value is -3.17. The first-order valence-electron chi connectivity index (χ1n) is 12.0. The normalized spacial score (nSPS) is 11.4. The SMILES string of the molecule is CCOCCNc1nc(SC(C)C)nc2c1cnn2CCNC(=O)Cc1cccc2ccccc12. The first-order valence-corrected chi connectivity index (χ1v) is 12.9. The molecule has 184 valence electrons. The first-order chi connectivity index (χ1) is 17.0. The largest absolute Gasteiger partial charge is 0.380 e. The number of benzene rings is 2. The second-order valence-corrected chi connectivity index (χ2v) is 9.96. The number of thioether (sulfide) groups is 1. The molecule has 2 aromatic carbocycles. The summed E-state index contributed by atoms with van der Waals surface area (Å²) in [5.74, 6) is 0.742. The summed E-state index contributed by atoms with van der Waals surface area (Å²) in [4.78, 5) is 22.1. The fourth-order valence-electron chi connectivity index (χ4n) is 3.87. The molecule has 0 radical (unpaired) electrons. The number of hydrogen-bond acceptors (Lipinski definition) is 7. The van der Waals surface area contributed by atoms with E-state index in [1.807, 2.05) is 35.9 Å². The average Bonchev–Trinajstić information content (AvgIpc) is 3.24. The quantitative estimate of drug-likeness (QED) is 0.173. The molecular formula is C26H32N6O2S. The maximum Gasteiger partial charge on any atom is 0.224 e. The monoisotopic (exact) mass is 492 g/mol. The molecule has 4 rings (SSSR count). The predicted octanol–water partition coefficient (Wildman–Crippen LogP) is 4.29. The van der Waals surface area contributed by atoms with Crippen LogP contribution in [-0.4, -0.2) is 57.2 Å². The van der Waals surface area contributed by atoms with E-state index in [4.69, 9.17) is 14.7 Å². The van der Waals surface area contributed by atoms with Crippen LogP contribution in [0.4, 0.5) is 5.82 Å². The van der Waals surface area contributed by atoms with Gasteiger partial charge in [0.05, 0.1) is 31.2 Å². The fraction of sp³-hybridized carbons (Fsp3) is 0.385. The van der Waals surface area contributed by atoms with E-state index >= 15 is 0 Å². The third-order valence-electron chi connectivity index (χ3n) is 5.44. The summed E-state index contributed by atoms with van der Waals surface area (Å²) in [6, 6.07) is 14.2. The molecule has 0 saturated carbocycles. The number of aromatic nitrogens is 4. The Morgan fingerprint density at radius 2 is 1.91 bits per heavy atom. The van der Waals surface area contributed by atoms with Crippen LogP contribution < -0.4 is 10.6 Å². The molecule has 2 heterocycles. The van der Waals surface area contributed by atoms with E-state index in [-0.39, 0.29) is 5.91 Å². The fourth-order valence-corrected chi connectivity index (χ4v) is 4.57. The van der Waals surface area contributed by atoms with Crippen LogP contribution in [-0.2, 0) is 22.5 Å². The van der Waals surface area contributed by atoms with E-state index < -0.39 is 0 Å². The molecule has 0 saturated heterocycles. The Kier molecular flexibility index (Phi) is 8.54. The number of fused-ring (bicyclic) bond motifs is 2. The number of carbonyl (C=O) groups is 1. The Morgan fingerprint density at radius 1 is 1.09 bits per heavy atom. The van der Waals surface area contributed by atoms with Crippen molar-refractivity contribution in [2.24, 2.45) is 0 Å². The highest BCUT2D eigenvalue weighted by Crippen LogP contribution is 2.26. The lowest BCUT2D eigenvalue weighted by Gasteiger charge is -2.11. The standard InChI is InChI=1S/C26H32N6O2S/c1-4-34-15-13-28-24-22-17-29-32(25(22)31-26(30-24)35-18(2)3)14-12-27-23(33)16-20-10-7-9-19-8-5-6-11-21(19)20/h5-11,17-18H,4,12-16H2,1-3H3,(H,27,33)(H,28,30,31). The minimum absolute atomic E-state index is 0.0122. The molecule has 0 aliphatic heterocycles. The molecule has 1 amide bonds. The molecule has 0 aliphatic carbocycles. The molecule has 0 atom stereocenters. The van der Waals surface area contributed by atoms with Crippen LogP contribution >= 0.6 is 11.8 Å². The maximum atomic E-state index is 12.7. The van der Waals surface area contributed by atoms with Crippen molar-refractivity contribution in [2.75, 3.05) is 31.6 Å². The van der Waals surface area contributed by atoms with E-state index in [1.165, 1.54) is 0 Å². The summed E-state index contributed by atoms with van der Waals surface area (Å²) >= 11 is 1.61. The van der Waals surface area contributed by atoms with Crippen LogP contribution in [0.25, 0.3) is 21.8 Å². The second kappa shape index (κ2) is 12.0. The van der Waals surface area contributed by atoms with Gasteiger partial charge in [-0.3, -0.25) is 4.79 Å². The van der Waals surface area contributed by atoms with E-state index in [1.54, 1.807) is 18.0 Å². The van der Waals surface area contributed by atoms with Crippen LogP contribution in [0.15, 0.2) is 53.8 Å². The minimum Gasteiger partial charge on any atom is -0.380 e. The Morgan fingerprint density at radius 3 is 2.74 bits per heavy atom. The highest BCUT2D eigenvalue weighted by Gasteiger charge is 2.15. The van der Waals surface area contributed by atoms with Gasteiger partial charge >= 0.3 is 0 Å². The summed E-state index contributed by atoms with van der Waals surface area (Å²) in [7, 11) is 0. The lowest BCUT2D eigenvalue weighted by atomic mass is 10.0. The second-order valence-electron chi connectivity index (χ2n) is 8.42. The molecule has 0 unspecified atom stereocenters. The van der Waals surface area contributed by atoms with E-state index in [0.717, 1.165) is 33.2 Å². The zero-order valence-electron chi connectivity index (χ0n) is 20.5. The van der Waals surface area contributed by atoms with Crippen LogP contribution in [0.3, 0.4) is 0 Å². The molecular weight excluding hydrogens is 460 g/mol. The lowest BCUT2D eigenvalue weighted by molar-refractivity contribution is -0.120. The summed E-state index contributed by atoms with van der Waals surface area (Å²) < 4.78 is 7.26. The van der Waals surface area contributed by atoms with E-state index in [0.29, 0.717) is 49.7 Å². The average molecular weight is 493 g/mol. The van der Waals surface area contributed by atoms with Gasteiger partial charge in [-0.15, -0.1) is 0 Å². The van der Waals surface area contributed by atoms with E-state index in [9.17, 15) is 4.79 Å². The zero-order valence-corrected chi connectivity index (χ0v) is 21.3. The van der Waals surface area contributed by atoms with Crippen molar-refractivity contribution in [3.63, 3.8) is 0 Å². The van der Waals surface area contributed by atoms with Crippen molar-refractivity contribution < 1.29 is 9.53 Å². The van der Waals surface area contributed by atoms with Crippen molar-refractivity contribution in [2.45, 2.75) is 44.1 Å². The number of anilines is 1. The van der Waals surface area contributed by atoms with Crippen molar-refractivity contribution in [1.29, 1.82) is 0 Å². The van der Waals surface area contributed by atoms with Crippen molar-refractivity contribution >= 4 is 45.3 Å². The van der Waals surface area contributed by atoms with Gasteiger partial charge in [0.25, 0.3) is 0 Å². The van der Waals surface area contributed by atoms with Gasteiger partial charge in [-0.1, -0.05) is 68.1 Å². The van der Waals surface area contributed by atoms with Gasteiger partial charge in [-0.25, -0.2) is 14.6 Å². The molecule has 0 bridgehead atoms. The number of rotatable bonds is 12. The number of amides is 1. The van der Waals surface area contributed by atoms with Crippen LogP contribution in [0.1, 0.15) is 26.3 Å². The Balaban J connectivity index is 1.43. The van der Waals surface area contributed by atoms with Crippen molar-refractivity contribution in [3.05, 3.63) is 54.2 Å². The molecule has 35 heavy (non-hydrogen) atoms. The molecule has 0 fully saturated rings. The minimum atomic E-state index is -0.0122. The molecule has 2 N–H and O–H groups in total. The molecule has 4 aromatic rings. The molecule has 8 nitrogen and oxygen atoms in total. The molecule has 0 spiro atoms. The first kappa shape index (κ1) is 24.9. The summed E-state index contributed by atoms with van der Waals surface area (Å²) in [6.07, 6.45) is 2.12. The summed E-state index contributed by atoms with van der Waals surface area (Å²) in [5, 5.41) is 15.1. The Labute approximate surface area is 209 Å². The van der Waals surface area contributed by atoms with Gasteiger partial charge < -0.3 is 15.4 Å². The molecule has 9 heteroatoms. The van der Waals surface area contributed by atoms with Crippen LogP contribution in [0.5, 0.6) is 0 Å². The maximum absolute atomic E-state index is 12.7. The third kappa shape index (κ3) is 6.49. The number of carbonyl (C=O) groups excluding carboxylic acids is 1. The Bertz CT molecular complexity index is 1280. The van der Waals surface area contributed by atoms with Crippen LogP contribution in [0.2, 0.25) is 0 Å². The van der Waals surface area contributed by atoms with Gasteiger partial charge in [0.2, 0.25) is 5.91 Å². The highest BCUT2D eigenvalue weighted by molar-refractivity contribution is 7.99. The number of hydrogen-bond donors (Lipinski definition) is 2. The molecule has 0 aliphatic rings. The lowest BCUT2D eigenvalue weighted by Crippen LogP contribution is -2.29. The number of nitrogens with zero attached hydrogens (tertiary/aromatic N) is 4. The number of ether oxygens (including phenoxy) is 1. The summed E-state index contributed by atoms with van der Waals surface area (Å²) in [5.41, 5.74) is 1.78. The van der Waals surface area contributed by atoms with Gasteiger partial charge in [-0.05, 0) is 23.3 Å². The van der Waals surface area contributed by atoms with E-state index in [2.05, 4.69) is 47.8 Å². The predicted molar refractivity (Wildman–Crippen MR) is 142 cm³/mol. The topological polar surface area (TPSA) is 94.0 Å². The zero-order chi connectivity index (χ0) is 24.6. The van der Waals surface area contributed by atoms with Crippen LogP contribution in [0, 0.1) is 0 Å². The highest BCUT2D eigenvalue weighted by atomic mass is 32.2. The van der Waals surface area contributed by atoms with Gasteiger partial charge in [0.15, 0.2) is 10.8 Å². The van der Waals surface area contributed by atoms with Crippen molar-refractivity contribution in [1.82, 2.24) is 25.1 Å². The molecule has 2 aromatic heterocycles. The van der Waals surface area contributed by atoms with Gasteiger partial charge in [0.1, 0.15) is 5.82 Å². The van der Waals surface area contributed by atoms with Crippen molar-refractivity contribution in [3.8, 4) is 0 Å². The number of nitrogens with one attached hydrogen (secondary N) is 2. The smallest absolute Gasteiger partial charge is 0.224 e. The van der Waals surface area contributed by atoms with Gasteiger partial charge in [-0.2, -0.15) is 5.10 Å². The van der Waals surface area contributed by atoms with Gasteiger partial charge in [0, 0.05) is 24.9 Å². The third-order valence-corrected chi connectivity index (χ3v) is 6.30. The summed E-state index contributed by atoms with van der Waals surface area (Å²) in [6.45, 7) is 9.12.